The molecular formula is C17H19ClN2O4S. The molecule has 0 spiro atoms. The van der Waals surface area contributed by atoms with Crippen LogP contribution in [-0.2, 0) is 14.3 Å². The lowest BCUT2D eigenvalue weighted by molar-refractivity contribution is -0.153. The maximum Gasteiger partial charge on any atom is 0.307 e. The average molecular weight is 383 g/mol. The summed E-state index contributed by atoms with van der Waals surface area (Å²) in [5.41, 5.74) is 0. The third-order valence-corrected chi connectivity index (χ3v) is 4.73. The molecule has 0 saturated heterocycles. The van der Waals surface area contributed by atoms with E-state index >= 15 is 0 Å². The number of halogens is 1. The fourth-order valence-corrected chi connectivity index (χ4v) is 3.15. The van der Waals surface area contributed by atoms with Crippen molar-refractivity contribution in [2.75, 3.05) is 11.1 Å². The first-order valence-electron chi connectivity index (χ1n) is 7.80. The molecular weight excluding hydrogens is 364 g/mol. The van der Waals surface area contributed by atoms with Crippen LogP contribution in [0.15, 0.2) is 39.8 Å². The van der Waals surface area contributed by atoms with Gasteiger partial charge < -0.3 is 14.6 Å². The third kappa shape index (κ3) is 6.10. The van der Waals surface area contributed by atoms with E-state index in [1.165, 1.54) is 11.8 Å². The van der Waals surface area contributed by atoms with Crippen molar-refractivity contribution >= 4 is 41.1 Å². The molecule has 0 aliphatic heterocycles. The van der Waals surface area contributed by atoms with Crippen molar-refractivity contribution in [2.45, 2.75) is 37.7 Å². The van der Waals surface area contributed by atoms with Gasteiger partial charge in [-0.05, 0) is 25.5 Å². The molecule has 0 bridgehead atoms. The number of thioether (sulfide) groups is 1. The van der Waals surface area contributed by atoms with E-state index in [2.05, 4.69) is 10.5 Å². The number of esters is 1. The maximum absolute atomic E-state index is 12.1. The Balaban J connectivity index is 1.78. The number of carbonyl (C=O) groups is 2. The molecule has 1 N–H and O–H groups in total. The van der Waals surface area contributed by atoms with E-state index < -0.39 is 18.0 Å². The second-order valence-corrected chi connectivity index (χ2v) is 6.77. The molecule has 0 saturated carbocycles. The zero-order valence-electron chi connectivity index (χ0n) is 14.0. The van der Waals surface area contributed by atoms with E-state index in [1.807, 2.05) is 18.2 Å². The molecule has 6 nitrogen and oxygen atoms in total. The zero-order chi connectivity index (χ0) is 18.2. The van der Waals surface area contributed by atoms with Crippen molar-refractivity contribution in [1.29, 1.82) is 0 Å². The molecule has 2 aromatic rings. The first kappa shape index (κ1) is 19.3. The van der Waals surface area contributed by atoms with Gasteiger partial charge in [-0.2, -0.15) is 0 Å². The van der Waals surface area contributed by atoms with Crippen LogP contribution in [0, 0.1) is 6.92 Å². The van der Waals surface area contributed by atoms with Crippen LogP contribution in [0.1, 0.15) is 25.5 Å². The summed E-state index contributed by atoms with van der Waals surface area (Å²) in [4.78, 5) is 25.0. The smallest absolute Gasteiger partial charge is 0.307 e. The molecule has 1 amide bonds. The van der Waals surface area contributed by atoms with Gasteiger partial charge in [0, 0.05) is 16.7 Å². The normalized spacial score (nSPS) is 11.8. The number of amides is 1. The number of ether oxygens (including phenoxy) is 1. The summed E-state index contributed by atoms with van der Waals surface area (Å²) in [7, 11) is 0. The van der Waals surface area contributed by atoms with E-state index in [1.54, 1.807) is 26.0 Å². The Labute approximate surface area is 155 Å². The summed E-state index contributed by atoms with van der Waals surface area (Å²) >= 11 is 7.53. The standard InChI is InChI=1S/C17H19ClN2O4S/c1-3-13(17(22)19-15-10-11(2)24-20-15)23-16(21)8-9-25-14-7-5-4-6-12(14)18/h4-7,10,13H,3,8-9H2,1-2H3,(H,19,20,22). The summed E-state index contributed by atoms with van der Waals surface area (Å²) in [5, 5.41) is 6.89. The van der Waals surface area contributed by atoms with E-state index in [0.29, 0.717) is 28.8 Å². The number of aryl methyl sites for hydroxylation is 1. The second-order valence-electron chi connectivity index (χ2n) is 5.23. The van der Waals surface area contributed by atoms with Crippen molar-refractivity contribution in [3.8, 4) is 0 Å². The summed E-state index contributed by atoms with van der Waals surface area (Å²) in [6, 6.07) is 9.01. The maximum atomic E-state index is 12.1. The first-order chi connectivity index (χ1) is 12.0. The van der Waals surface area contributed by atoms with E-state index in [0.717, 1.165) is 4.90 Å². The highest BCUT2D eigenvalue weighted by Crippen LogP contribution is 2.27. The summed E-state index contributed by atoms with van der Waals surface area (Å²) in [6.45, 7) is 3.49. The van der Waals surface area contributed by atoms with Crippen LogP contribution >= 0.6 is 23.4 Å². The van der Waals surface area contributed by atoms with Gasteiger partial charge in [0.15, 0.2) is 11.9 Å². The number of carbonyl (C=O) groups excluding carboxylic acids is 2. The highest BCUT2D eigenvalue weighted by atomic mass is 35.5. The van der Waals surface area contributed by atoms with Crippen LogP contribution in [0.5, 0.6) is 0 Å². The summed E-state index contributed by atoms with van der Waals surface area (Å²) in [6.07, 6.45) is -0.316. The topological polar surface area (TPSA) is 81.4 Å². The van der Waals surface area contributed by atoms with Gasteiger partial charge in [-0.15, -0.1) is 11.8 Å². The molecule has 2 rings (SSSR count). The quantitative estimate of drug-likeness (QED) is 0.547. The van der Waals surface area contributed by atoms with Crippen molar-refractivity contribution in [3.05, 3.63) is 41.1 Å². The number of anilines is 1. The zero-order valence-corrected chi connectivity index (χ0v) is 15.5. The Bertz CT molecular complexity index is 735. The molecule has 0 fully saturated rings. The molecule has 1 heterocycles. The molecule has 1 aromatic heterocycles. The van der Waals surface area contributed by atoms with Gasteiger partial charge in [-0.3, -0.25) is 9.59 Å². The molecule has 0 aliphatic rings. The molecule has 0 radical (unpaired) electrons. The summed E-state index contributed by atoms with van der Waals surface area (Å²) < 4.78 is 10.1. The number of aromatic nitrogens is 1. The Morgan fingerprint density at radius 2 is 2.16 bits per heavy atom. The largest absolute Gasteiger partial charge is 0.452 e. The lowest BCUT2D eigenvalue weighted by atomic mass is 10.2. The number of rotatable bonds is 8. The van der Waals surface area contributed by atoms with E-state index in [9.17, 15) is 9.59 Å². The van der Waals surface area contributed by atoms with Crippen LogP contribution in [0.25, 0.3) is 0 Å². The lowest BCUT2D eigenvalue weighted by Gasteiger charge is -2.15. The SMILES string of the molecule is CCC(OC(=O)CCSc1ccccc1Cl)C(=O)Nc1cc(C)on1. The van der Waals surface area contributed by atoms with Gasteiger partial charge in [-0.25, -0.2) is 0 Å². The predicted octanol–water partition coefficient (Wildman–Crippen LogP) is 4.08. The van der Waals surface area contributed by atoms with Gasteiger partial charge in [-0.1, -0.05) is 35.8 Å². The molecule has 1 atom stereocenters. The molecule has 1 aromatic carbocycles. The molecule has 25 heavy (non-hydrogen) atoms. The molecule has 0 aliphatic carbocycles. The molecule has 134 valence electrons. The van der Waals surface area contributed by atoms with E-state index in [4.69, 9.17) is 20.9 Å². The van der Waals surface area contributed by atoms with Crippen LogP contribution in [0.4, 0.5) is 5.82 Å². The van der Waals surface area contributed by atoms with Crippen LogP contribution in [0.2, 0.25) is 5.02 Å². The van der Waals surface area contributed by atoms with E-state index in [-0.39, 0.29) is 6.42 Å². The van der Waals surface area contributed by atoms with Crippen LogP contribution in [-0.4, -0.2) is 28.9 Å². The Hall–Kier alpha value is -1.99. The van der Waals surface area contributed by atoms with Gasteiger partial charge in [0.25, 0.3) is 5.91 Å². The molecule has 8 heteroatoms. The third-order valence-electron chi connectivity index (χ3n) is 3.22. The Morgan fingerprint density at radius 1 is 1.40 bits per heavy atom. The van der Waals surface area contributed by atoms with Gasteiger partial charge in [0.05, 0.1) is 11.4 Å². The lowest BCUT2D eigenvalue weighted by Crippen LogP contribution is -2.32. The van der Waals surface area contributed by atoms with Gasteiger partial charge in [0.1, 0.15) is 5.76 Å². The van der Waals surface area contributed by atoms with Crippen molar-refractivity contribution in [2.24, 2.45) is 0 Å². The Kier molecular flexibility index (Phi) is 7.33. The van der Waals surface area contributed by atoms with Crippen molar-refractivity contribution < 1.29 is 18.8 Å². The Morgan fingerprint density at radius 3 is 2.80 bits per heavy atom. The van der Waals surface area contributed by atoms with Crippen molar-refractivity contribution in [1.82, 2.24) is 5.16 Å². The number of nitrogens with one attached hydrogen (secondary N) is 1. The van der Waals surface area contributed by atoms with Gasteiger partial charge >= 0.3 is 5.97 Å². The minimum atomic E-state index is -0.866. The van der Waals surface area contributed by atoms with Crippen LogP contribution < -0.4 is 5.32 Å². The average Bonchev–Trinajstić information content (AvgIpc) is 2.99. The highest BCUT2D eigenvalue weighted by molar-refractivity contribution is 7.99. The van der Waals surface area contributed by atoms with Gasteiger partial charge in [0.2, 0.25) is 0 Å². The predicted molar refractivity (Wildman–Crippen MR) is 96.8 cm³/mol. The monoisotopic (exact) mass is 382 g/mol. The fourth-order valence-electron chi connectivity index (χ4n) is 1.98. The first-order valence-corrected chi connectivity index (χ1v) is 9.17. The van der Waals surface area contributed by atoms with Crippen molar-refractivity contribution in [3.63, 3.8) is 0 Å². The van der Waals surface area contributed by atoms with Crippen LogP contribution in [0.3, 0.4) is 0 Å². The highest BCUT2D eigenvalue weighted by Gasteiger charge is 2.22. The minimum absolute atomic E-state index is 0.183. The second kappa shape index (κ2) is 9.48. The molecule has 1 unspecified atom stereocenters. The number of hydrogen-bond acceptors (Lipinski definition) is 6. The number of hydrogen-bond donors (Lipinski definition) is 1. The number of nitrogens with zero attached hydrogens (tertiary/aromatic N) is 1. The summed E-state index contributed by atoms with van der Waals surface area (Å²) in [5.74, 6) is 0.535. The minimum Gasteiger partial charge on any atom is -0.452 e. The fraction of sp³-hybridized carbons (Fsp3) is 0.353. The number of benzene rings is 1.